The standard InChI is InChI=1S/C19H31N3O2/c1-16(23)9-7-8-14-22-15-18(20-21-22)12-13-19(24)17-10-5-3-2-4-6-11-17/h15,17H,2-14H2,1H3. The van der Waals surface area contributed by atoms with Gasteiger partial charge in [0.2, 0.25) is 0 Å². The lowest BCUT2D eigenvalue weighted by molar-refractivity contribution is -0.123. The van der Waals surface area contributed by atoms with E-state index in [1.54, 1.807) is 6.92 Å². The van der Waals surface area contributed by atoms with Crippen LogP contribution in [-0.2, 0) is 22.6 Å². The molecule has 1 aromatic rings. The number of nitrogens with zero attached hydrogens (tertiary/aromatic N) is 3. The zero-order valence-electron chi connectivity index (χ0n) is 15.0. The van der Waals surface area contributed by atoms with E-state index in [1.165, 1.54) is 32.1 Å². The van der Waals surface area contributed by atoms with E-state index in [0.29, 0.717) is 25.0 Å². The van der Waals surface area contributed by atoms with Crippen molar-refractivity contribution in [2.45, 2.75) is 90.5 Å². The first-order valence-electron chi connectivity index (χ1n) is 9.56. The third-order valence-electron chi connectivity index (χ3n) is 4.94. The van der Waals surface area contributed by atoms with Crippen LogP contribution in [0, 0.1) is 5.92 Å². The lowest BCUT2D eigenvalue weighted by atomic mass is 9.86. The number of rotatable bonds is 9. The molecule has 5 heteroatoms. The van der Waals surface area contributed by atoms with Crippen molar-refractivity contribution in [2.75, 3.05) is 0 Å². The first-order chi connectivity index (χ1) is 11.6. The number of carbonyl (C=O) groups excluding carboxylic acids is 2. The normalized spacial score (nSPS) is 16.5. The molecular formula is C19H31N3O2. The Hall–Kier alpha value is -1.52. The minimum Gasteiger partial charge on any atom is -0.300 e. The maximum atomic E-state index is 12.4. The highest BCUT2D eigenvalue weighted by molar-refractivity contribution is 5.81. The van der Waals surface area contributed by atoms with E-state index < -0.39 is 0 Å². The molecule has 0 saturated heterocycles. The summed E-state index contributed by atoms with van der Waals surface area (Å²) in [5, 5.41) is 8.30. The predicted octanol–water partition coefficient (Wildman–Crippen LogP) is 3.90. The molecule has 1 saturated carbocycles. The molecule has 0 N–H and O–H groups in total. The van der Waals surface area contributed by atoms with Gasteiger partial charge in [-0.1, -0.05) is 37.3 Å². The van der Waals surface area contributed by atoms with Crippen LogP contribution < -0.4 is 0 Å². The van der Waals surface area contributed by atoms with Crippen LogP contribution in [0.25, 0.3) is 0 Å². The Bertz CT molecular complexity index is 516. The molecule has 0 amide bonds. The summed E-state index contributed by atoms with van der Waals surface area (Å²) in [6.07, 6.45) is 14.1. The number of hydrogen-bond acceptors (Lipinski definition) is 4. The molecule has 0 bridgehead atoms. The quantitative estimate of drug-likeness (QED) is 0.643. The minimum absolute atomic E-state index is 0.238. The molecule has 1 aliphatic carbocycles. The van der Waals surface area contributed by atoms with Crippen LogP contribution in [0.2, 0.25) is 0 Å². The summed E-state index contributed by atoms with van der Waals surface area (Å²) in [5.41, 5.74) is 0.903. The van der Waals surface area contributed by atoms with Gasteiger partial charge in [-0.2, -0.15) is 0 Å². The summed E-state index contributed by atoms with van der Waals surface area (Å²) in [5.74, 6) is 0.918. The first kappa shape index (κ1) is 18.8. The molecule has 0 aromatic carbocycles. The molecule has 0 aliphatic heterocycles. The van der Waals surface area contributed by atoms with Gasteiger partial charge in [-0.25, -0.2) is 0 Å². The van der Waals surface area contributed by atoms with Crippen LogP contribution in [0.3, 0.4) is 0 Å². The van der Waals surface area contributed by atoms with Crippen molar-refractivity contribution in [3.05, 3.63) is 11.9 Å². The van der Waals surface area contributed by atoms with Gasteiger partial charge in [0.1, 0.15) is 11.6 Å². The van der Waals surface area contributed by atoms with Crippen LogP contribution >= 0.6 is 0 Å². The van der Waals surface area contributed by atoms with Crippen LogP contribution in [0.4, 0.5) is 0 Å². The van der Waals surface area contributed by atoms with Crippen LogP contribution in [0.1, 0.15) is 83.2 Å². The Labute approximate surface area is 145 Å². The molecule has 1 aliphatic rings. The van der Waals surface area contributed by atoms with E-state index in [-0.39, 0.29) is 11.7 Å². The van der Waals surface area contributed by atoms with Crippen molar-refractivity contribution >= 4 is 11.6 Å². The molecule has 1 heterocycles. The maximum Gasteiger partial charge on any atom is 0.136 e. The lowest BCUT2D eigenvalue weighted by Gasteiger charge is -2.18. The van der Waals surface area contributed by atoms with Crippen molar-refractivity contribution in [2.24, 2.45) is 5.92 Å². The van der Waals surface area contributed by atoms with E-state index in [1.807, 2.05) is 10.9 Å². The van der Waals surface area contributed by atoms with Crippen LogP contribution in [0.15, 0.2) is 6.20 Å². The molecule has 0 radical (unpaired) electrons. The van der Waals surface area contributed by atoms with Gasteiger partial charge < -0.3 is 4.79 Å². The van der Waals surface area contributed by atoms with Crippen molar-refractivity contribution in [1.82, 2.24) is 15.0 Å². The first-order valence-corrected chi connectivity index (χ1v) is 9.56. The van der Waals surface area contributed by atoms with Crippen molar-refractivity contribution in [3.63, 3.8) is 0 Å². The third kappa shape index (κ3) is 6.93. The van der Waals surface area contributed by atoms with E-state index in [4.69, 9.17) is 0 Å². The molecule has 134 valence electrons. The summed E-state index contributed by atoms with van der Waals surface area (Å²) in [4.78, 5) is 23.3. The fourth-order valence-corrected chi connectivity index (χ4v) is 3.44. The molecule has 24 heavy (non-hydrogen) atoms. The largest absolute Gasteiger partial charge is 0.300 e. The number of unbranched alkanes of at least 4 members (excludes halogenated alkanes) is 1. The summed E-state index contributed by atoms with van der Waals surface area (Å²) < 4.78 is 1.83. The summed E-state index contributed by atoms with van der Waals surface area (Å²) >= 11 is 0. The summed E-state index contributed by atoms with van der Waals surface area (Å²) in [7, 11) is 0. The number of ketones is 2. The topological polar surface area (TPSA) is 64.8 Å². The Kier molecular flexibility index (Phi) is 8.13. The smallest absolute Gasteiger partial charge is 0.136 e. The number of Topliss-reactive ketones (excluding diaryl/α,β-unsaturated/α-hetero) is 2. The molecule has 2 rings (SSSR count). The molecule has 0 spiro atoms. The fourth-order valence-electron chi connectivity index (χ4n) is 3.44. The van der Waals surface area contributed by atoms with Gasteiger partial charge in [-0.15, -0.1) is 5.10 Å². The highest BCUT2D eigenvalue weighted by Crippen LogP contribution is 2.24. The SMILES string of the molecule is CC(=O)CCCCn1cc(CCC(=O)C2CCCCCCC2)nn1. The second-order valence-corrected chi connectivity index (χ2v) is 7.14. The summed E-state index contributed by atoms with van der Waals surface area (Å²) in [6, 6.07) is 0. The summed E-state index contributed by atoms with van der Waals surface area (Å²) in [6.45, 7) is 2.41. The Morgan fingerprint density at radius 3 is 2.50 bits per heavy atom. The van der Waals surface area contributed by atoms with E-state index in [9.17, 15) is 9.59 Å². The second kappa shape index (κ2) is 10.4. The second-order valence-electron chi connectivity index (χ2n) is 7.14. The Morgan fingerprint density at radius 2 is 1.79 bits per heavy atom. The maximum absolute atomic E-state index is 12.4. The van der Waals surface area contributed by atoms with Gasteiger partial charge in [-0.3, -0.25) is 9.48 Å². The van der Waals surface area contributed by atoms with Gasteiger partial charge >= 0.3 is 0 Å². The van der Waals surface area contributed by atoms with Crippen LogP contribution in [-0.4, -0.2) is 26.6 Å². The van der Waals surface area contributed by atoms with E-state index in [2.05, 4.69) is 10.3 Å². The zero-order valence-corrected chi connectivity index (χ0v) is 15.0. The molecule has 1 fully saturated rings. The third-order valence-corrected chi connectivity index (χ3v) is 4.94. The number of hydrogen-bond donors (Lipinski definition) is 0. The average molecular weight is 333 g/mol. The molecule has 5 nitrogen and oxygen atoms in total. The number of aromatic nitrogens is 3. The minimum atomic E-state index is 0.238. The Balaban J connectivity index is 1.69. The number of carbonyl (C=O) groups is 2. The highest BCUT2D eigenvalue weighted by Gasteiger charge is 2.19. The van der Waals surface area contributed by atoms with Gasteiger partial charge in [0.15, 0.2) is 0 Å². The van der Waals surface area contributed by atoms with Gasteiger partial charge in [0, 0.05) is 37.9 Å². The van der Waals surface area contributed by atoms with Gasteiger partial charge in [-0.05, 0) is 32.6 Å². The number of aryl methyl sites for hydroxylation is 2. The van der Waals surface area contributed by atoms with E-state index in [0.717, 1.165) is 37.9 Å². The molecule has 1 aromatic heterocycles. The average Bonchev–Trinajstić information content (AvgIpc) is 2.96. The fraction of sp³-hybridized carbons (Fsp3) is 0.789. The molecule has 0 atom stereocenters. The van der Waals surface area contributed by atoms with Gasteiger partial charge in [0.05, 0.1) is 5.69 Å². The van der Waals surface area contributed by atoms with Crippen LogP contribution in [0.5, 0.6) is 0 Å². The van der Waals surface area contributed by atoms with Gasteiger partial charge in [0.25, 0.3) is 0 Å². The lowest BCUT2D eigenvalue weighted by Crippen LogP contribution is -2.16. The van der Waals surface area contributed by atoms with Crippen molar-refractivity contribution in [1.29, 1.82) is 0 Å². The highest BCUT2D eigenvalue weighted by atomic mass is 16.1. The van der Waals surface area contributed by atoms with Crippen molar-refractivity contribution in [3.8, 4) is 0 Å². The van der Waals surface area contributed by atoms with E-state index >= 15 is 0 Å². The molecular weight excluding hydrogens is 302 g/mol. The Morgan fingerprint density at radius 1 is 1.08 bits per heavy atom. The molecule has 0 unspecified atom stereocenters. The zero-order chi connectivity index (χ0) is 17.2. The van der Waals surface area contributed by atoms with Crippen molar-refractivity contribution < 1.29 is 9.59 Å². The predicted molar refractivity (Wildman–Crippen MR) is 93.7 cm³/mol. The monoisotopic (exact) mass is 333 g/mol.